The van der Waals surface area contributed by atoms with Gasteiger partial charge in [0.15, 0.2) is 0 Å². The summed E-state index contributed by atoms with van der Waals surface area (Å²) in [6, 6.07) is 30.2. The van der Waals surface area contributed by atoms with Crippen LogP contribution in [0.5, 0.6) is 0 Å². The Hall–Kier alpha value is -2.70. The van der Waals surface area contributed by atoms with Crippen LogP contribution >= 0.6 is 7.26 Å². The molecule has 0 saturated heterocycles. The summed E-state index contributed by atoms with van der Waals surface area (Å²) in [4.78, 5) is 12.1. The van der Waals surface area contributed by atoms with E-state index in [0.29, 0.717) is 6.42 Å². The lowest BCUT2D eigenvalue weighted by atomic mass is 10.2. The third-order valence-electron chi connectivity index (χ3n) is 5.10. The smallest absolute Gasteiger partial charge is 0.331 e. The fourth-order valence-electron chi connectivity index (χ4n) is 3.85. The Labute approximate surface area is 175 Å². The topological polar surface area (TPSA) is 37.3 Å². The van der Waals surface area contributed by atoms with Gasteiger partial charge >= 0.3 is 5.97 Å². The second-order valence-corrected chi connectivity index (χ2v) is 10.4. The molecule has 3 aromatic rings. The van der Waals surface area contributed by atoms with Gasteiger partial charge in [-0.15, -0.1) is 0 Å². The number of unbranched alkanes of at least 4 members (excludes halogenated alkanes) is 2. The predicted molar refractivity (Wildman–Crippen MR) is 125 cm³/mol. The van der Waals surface area contributed by atoms with E-state index in [1.807, 2.05) is 54.6 Å². The second kappa shape index (κ2) is 10.2. The molecule has 2 nitrogen and oxygen atoms in total. The van der Waals surface area contributed by atoms with Gasteiger partial charge in [-0.1, -0.05) is 74.4 Å². The van der Waals surface area contributed by atoms with E-state index in [4.69, 9.17) is 1.37 Å². The summed E-state index contributed by atoms with van der Waals surface area (Å²) >= 11 is 0. The van der Waals surface area contributed by atoms with Gasteiger partial charge in [-0.05, 0) is 42.8 Å². The molecule has 0 radical (unpaired) electrons. The van der Waals surface area contributed by atoms with E-state index >= 15 is 0 Å². The number of aliphatic carboxylic acids is 1. The number of benzene rings is 3. The van der Waals surface area contributed by atoms with Gasteiger partial charge in [0.1, 0.15) is 23.2 Å². The third-order valence-corrected chi connectivity index (χ3v) is 9.47. The minimum Gasteiger partial charge on any atom is -0.478 e. The first-order valence-corrected chi connectivity index (χ1v) is 11.9. The summed E-state index contributed by atoms with van der Waals surface area (Å²) in [5.41, 5.74) is 0. The van der Waals surface area contributed by atoms with Crippen LogP contribution in [0.15, 0.2) is 102 Å². The zero-order valence-electron chi connectivity index (χ0n) is 17.8. The highest BCUT2D eigenvalue weighted by atomic mass is 31.2. The zero-order valence-corrected chi connectivity index (χ0v) is 17.7. The number of carbonyl (C=O) groups is 1. The molecule has 0 atom stereocenters. The SMILES string of the molecule is [2H]/C(C(=O)O)=C(\CCCCC)[P+](c1ccccc1)(c1ccccc1)c1ccccc1. The lowest BCUT2D eigenvalue weighted by Gasteiger charge is -2.29. The van der Waals surface area contributed by atoms with Crippen molar-refractivity contribution in [1.82, 2.24) is 0 Å². The molecule has 148 valence electrons. The number of rotatable bonds is 9. The van der Waals surface area contributed by atoms with Crippen LogP contribution in [-0.4, -0.2) is 11.1 Å². The quantitative estimate of drug-likeness (QED) is 0.289. The Kier molecular flexibility index (Phi) is 6.89. The fraction of sp³-hybridized carbons (Fsp3) is 0.192. The summed E-state index contributed by atoms with van der Waals surface area (Å²) < 4.78 is 8.63. The molecule has 0 aliphatic carbocycles. The van der Waals surface area contributed by atoms with Crippen molar-refractivity contribution in [3.63, 3.8) is 0 Å². The maximum atomic E-state index is 12.1. The first kappa shape index (κ1) is 19.6. The minimum atomic E-state index is -2.50. The number of hydrogen-bond donors (Lipinski definition) is 1. The van der Waals surface area contributed by atoms with Crippen molar-refractivity contribution in [2.24, 2.45) is 0 Å². The highest BCUT2D eigenvalue weighted by Gasteiger charge is 2.49. The molecule has 3 aromatic carbocycles. The van der Waals surface area contributed by atoms with Crippen molar-refractivity contribution in [3.8, 4) is 0 Å². The lowest BCUT2D eigenvalue weighted by Crippen LogP contribution is -2.32. The number of hydrogen-bond acceptors (Lipinski definition) is 1. The summed E-state index contributed by atoms with van der Waals surface area (Å²) in [6.45, 7) is 2.14. The average Bonchev–Trinajstić information content (AvgIpc) is 2.80. The normalized spacial score (nSPS) is 12.8. The highest BCUT2D eigenvalue weighted by molar-refractivity contribution is 7.99. The van der Waals surface area contributed by atoms with Crippen molar-refractivity contribution in [2.75, 3.05) is 0 Å². The van der Waals surface area contributed by atoms with Crippen LogP contribution in [-0.2, 0) is 4.79 Å². The number of allylic oxidation sites excluding steroid dienone is 1. The molecule has 0 aliphatic heterocycles. The van der Waals surface area contributed by atoms with Crippen molar-refractivity contribution in [2.45, 2.75) is 32.6 Å². The zero-order chi connectivity index (χ0) is 21.4. The van der Waals surface area contributed by atoms with E-state index in [1.165, 1.54) is 0 Å². The van der Waals surface area contributed by atoms with Crippen LogP contribution in [0.2, 0.25) is 0 Å². The maximum absolute atomic E-state index is 12.1. The predicted octanol–water partition coefficient (Wildman–Crippen LogP) is 5.53. The second-order valence-electron chi connectivity index (χ2n) is 7.01. The van der Waals surface area contributed by atoms with E-state index < -0.39 is 13.2 Å². The van der Waals surface area contributed by atoms with Crippen LogP contribution < -0.4 is 15.9 Å². The Bertz CT molecular complexity index is 889. The molecule has 0 saturated carbocycles. The standard InChI is InChI=1S/C26H27O2P/c1-2-3-7-20-25(21-26(27)28)29(22-14-8-4-9-15-22,23-16-10-5-11-17-23)24-18-12-6-13-19-24/h4-6,8-19,21H,2-3,7,20H2,1H3/p+1/b25-21-/i21D. The Balaban J connectivity index is 2.43. The number of carboxylic acids is 1. The molecular formula is C26H28O2P+. The maximum Gasteiger partial charge on any atom is 0.331 e. The lowest BCUT2D eigenvalue weighted by molar-refractivity contribution is -0.131. The average molecular weight is 404 g/mol. The van der Waals surface area contributed by atoms with Crippen molar-refractivity contribution in [3.05, 3.63) is 102 Å². The van der Waals surface area contributed by atoms with Gasteiger partial charge in [0.05, 0.1) is 12.7 Å². The van der Waals surface area contributed by atoms with Crippen molar-refractivity contribution in [1.29, 1.82) is 0 Å². The summed E-state index contributed by atoms with van der Waals surface area (Å²) in [5.74, 6) is -1.16. The van der Waals surface area contributed by atoms with E-state index in [9.17, 15) is 9.90 Å². The molecule has 0 aliphatic rings. The summed E-state index contributed by atoms with van der Waals surface area (Å²) in [6.07, 6.45) is 3.52. The molecule has 0 amide bonds. The van der Waals surface area contributed by atoms with Gasteiger partial charge in [-0.25, -0.2) is 4.79 Å². The third kappa shape index (κ3) is 4.66. The van der Waals surface area contributed by atoms with E-state index in [0.717, 1.165) is 40.5 Å². The van der Waals surface area contributed by atoms with Crippen LogP contribution in [0.4, 0.5) is 0 Å². The van der Waals surface area contributed by atoms with Crippen LogP contribution in [0.1, 0.15) is 34.0 Å². The van der Waals surface area contributed by atoms with Gasteiger partial charge in [0, 0.05) is 6.42 Å². The van der Waals surface area contributed by atoms with Gasteiger partial charge in [-0.2, -0.15) is 0 Å². The molecular weight excluding hydrogens is 375 g/mol. The number of carboxylic acid groups (broad SMARTS) is 1. The summed E-state index contributed by atoms with van der Waals surface area (Å²) in [5, 5.41) is 13.9. The summed E-state index contributed by atoms with van der Waals surface area (Å²) in [7, 11) is -2.50. The van der Waals surface area contributed by atoms with Crippen molar-refractivity contribution < 1.29 is 11.3 Å². The molecule has 0 aromatic heterocycles. The van der Waals surface area contributed by atoms with Crippen LogP contribution in [0, 0.1) is 0 Å². The van der Waals surface area contributed by atoms with Gasteiger partial charge < -0.3 is 5.11 Å². The Morgan fingerprint density at radius 2 is 1.24 bits per heavy atom. The molecule has 0 bridgehead atoms. The fourth-order valence-corrected chi connectivity index (χ4v) is 8.29. The van der Waals surface area contributed by atoms with E-state index in [2.05, 4.69) is 43.3 Å². The van der Waals surface area contributed by atoms with Crippen LogP contribution in [0.3, 0.4) is 0 Å². The monoisotopic (exact) mass is 404 g/mol. The molecule has 0 unspecified atom stereocenters. The molecule has 3 heteroatoms. The van der Waals surface area contributed by atoms with E-state index in [1.54, 1.807) is 0 Å². The highest BCUT2D eigenvalue weighted by Crippen LogP contribution is 2.63. The van der Waals surface area contributed by atoms with Gasteiger partial charge in [0.25, 0.3) is 0 Å². The van der Waals surface area contributed by atoms with Gasteiger partial charge in [0.2, 0.25) is 0 Å². The minimum absolute atomic E-state index is 0.268. The first-order valence-electron chi connectivity index (χ1n) is 10.6. The van der Waals surface area contributed by atoms with E-state index in [-0.39, 0.29) is 6.05 Å². The molecule has 0 fully saturated rings. The largest absolute Gasteiger partial charge is 0.478 e. The molecule has 0 spiro atoms. The van der Waals surface area contributed by atoms with Crippen LogP contribution in [0.25, 0.3) is 0 Å². The molecule has 0 heterocycles. The molecule has 29 heavy (non-hydrogen) atoms. The van der Waals surface area contributed by atoms with Crippen molar-refractivity contribution >= 4 is 29.1 Å². The van der Waals surface area contributed by atoms with Gasteiger partial charge in [-0.3, -0.25) is 0 Å². The Morgan fingerprint density at radius 1 is 0.828 bits per heavy atom. The molecule has 1 N–H and O–H groups in total. The first-order chi connectivity index (χ1) is 14.6. The molecule has 3 rings (SSSR count). The Morgan fingerprint density at radius 3 is 1.59 bits per heavy atom.